The van der Waals surface area contributed by atoms with Gasteiger partial charge >= 0.3 is 12.0 Å². The zero-order chi connectivity index (χ0) is 19.2. The van der Waals surface area contributed by atoms with Crippen LogP contribution in [0.5, 0.6) is 0 Å². The first-order valence-electron chi connectivity index (χ1n) is 8.76. The number of anilines is 2. The van der Waals surface area contributed by atoms with Crippen LogP contribution in [0.15, 0.2) is 54.6 Å². The number of carbonyl (C=O) groups is 3. The first kappa shape index (κ1) is 18.4. The van der Waals surface area contributed by atoms with Crippen LogP contribution in [0.1, 0.15) is 30.1 Å². The molecule has 27 heavy (non-hydrogen) atoms. The minimum absolute atomic E-state index is 0.214. The van der Waals surface area contributed by atoms with Crippen molar-refractivity contribution in [2.24, 2.45) is 0 Å². The van der Waals surface area contributed by atoms with Crippen molar-refractivity contribution in [1.82, 2.24) is 5.32 Å². The molecule has 0 aromatic heterocycles. The maximum Gasteiger partial charge on any atom is 0.338 e. The molecule has 2 aromatic rings. The first-order valence-corrected chi connectivity index (χ1v) is 8.76. The molecule has 1 aliphatic rings. The molecule has 0 bridgehead atoms. The van der Waals surface area contributed by atoms with Gasteiger partial charge in [-0.05, 0) is 56.2 Å². The third-order valence-corrected chi connectivity index (χ3v) is 3.99. The molecule has 1 unspecified atom stereocenters. The standard InChI is InChI=1S/C20H21N3O4/c1-13(18(24)21-16-11-12-16)27-19(25)14-7-9-17(10-8-14)23-20(26)22-15-5-3-2-4-6-15/h2-10,13,16H,11-12H2,1H3,(H,21,24)(H2,22,23,26). The Hall–Kier alpha value is -3.35. The fraction of sp³-hybridized carbons (Fsp3) is 0.250. The van der Waals surface area contributed by atoms with E-state index in [4.69, 9.17) is 4.74 Å². The van der Waals surface area contributed by atoms with Crippen LogP contribution >= 0.6 is 0 Å². The summed E-state index contributed by atoms with van der Waals surface area (Å²) < 4.78 is 5.18. The van der Waals surface area contributed by atoms with Crippen molar-refractivity contribution in [2.75, 3.05) is 10.6 Å². The third-order valence-electron chi connectivity index (χ3n) is 3.99. The normalized spacial score (nSPS) is 14.0. The molecule has 2 aromatic carbocycles. The SMILES string of the molecule is CC(OC(=O)c1ccc(NC(=O)Nc2ccccc2)cc1)C(=O)NC1CC1. The number of para-hydroxylation sites is 1. The topological polar surface area (TPSA) is 96.5 Å². The van der Waals surface area contributed by atoms with Crippen molar-refractivity contribution in [1.29, 1.82) is 0 Å². The number of benzene rings is 2. The first-order chi connectivity index (χ1) is 13.0. The zero-order valence-electron chi connectivity index (χ0n) is 14.9. The lowest BCUT2D eigenvalue weighted by molar-refractivity contribution is -0.129. The van der Waals surface area contributed by atoms with E-state index in [2.05, 4.69) is 16.0 Å². The van der Waals surface area contributed by atoms with Gasteiger partial charge in [0.1, 0.15) is 0 Å². The second-order valence-corrected chi connectivity index (χ2v) is 6.35. The monoisotopic (exact) mass is 367 g/mol. The molecule has 0 saturated heterocycles. The Bertz CT molecular complexity index is 817. The summed E-state index contributed by atoms with van der Waals surface area (Å²) in [6.07, 6.45) is 1.09. The van der Waals surface area contributed by atoms with Gasteiger partial charge in [0.25, 0.3) is 5.91 Å². The van der Waals surface area contributed by atoms with E-state index in [9.17, 15) is 14.4 Å². The largest absolute Gasteiger partial charge is 0.449 e. The van der Waals surface area contributed by atoms with Gasteiger partial charge in [0.15, 0.2) is 6.10 Å². The number of hydrogen-bond donors (Lipinski definition) is 3. The maximum atomic E-state index is 12.1. The van der Waals surface area contributed by atoms with Gasteiger partial charge in [-0.25, -0.2) is 9.59 Å². The lowest BCUT2D eigenvalue weighted by Gasteiger charge is -2.13. The number of rotatable bonds is 6. The quantitative estimate of drug-likeness (QED) is 0.683. The Labute approximate surface area is 157 Å². The molecule has 1 saturated carbocycles. The van der Waals surface area contributed by atoms with Crippen molar-refractivity contribution in [3.8, 4) is 0 Å². The fourth-order valence-electron chi connectivity index (χ4n) is 2.33. The highest BCUT2D eigenvalue weighted by Crippen LogP contribution is 2.19. The molecule has 0 heterocycles. The number of hydrogen-bond acceptors (Lipinski definition) is 4. The highest BCUT2D eigenvalue weighted by atomic mass is 16.5. The molecule has 0 radical (unpaired) electrons. The number of nitrogens with one attached hydrogen (secondary N) is 3. The Kier molecular flexibility index (Phi) is 5.71. The van der Waals surface area contributed by atoms with Crippen molar-refractivity contribution in [3.05, 3.63) is 60.2 Å². The van der Waals surface area contributed by atoms with Gasteiger partial charge in [-0.2, -0.15) is 0 Å². The summed E-state index contributed by atoms with van der Waals surface area (Å²) in [6.45, 7) is 1.54. The molecule has 1 atom stereocenters. The minimum atomic E-state index is -0.854. The fourth-order valence-corrected chi connectivity index (χ4v) is 2.33. The molecule has 1 aliphatic carbocycles. The van der Waals surface area contributed by atoms with Crippen LogP contribution < -0.4 is 16.0 Å². The van der Waals surface area contributed by atoms with E-state index in [1.165, 1.54) is 12.1 Å². The highest BCUT2D eigenvalue weighted by Gasteiger charge is 2.27. The van der Waals surface area contributed by atoms with Gasteiger partial charge in [0.2, 0.25) is 0 Å². The summed E-state index contributed by atoms with van der Waals surface area (Å²) in [5.41, 5.74) is 1.50. The smallest absolute Gasteiger partial charge is 0.338 e. The molecule has 3 N–H and O–H groups in total. The van der Waals surface area contributed by atoms with Crippen molar-refractivity contribution in [2.45, 2.75) is 31.9 Å². The van der Waals surface area contributed by atoms with Crippen molar-refractivity contribution < 1.29 is 19.1 Å². The third kappa shape index (κ3) is 5.57. The number of ether oxygens (including phenoxy) is 1. The van der Waals surface area contributed by atoms with Crippen LogP contribution in [0, 0.1) is 0 Å². The molecule has 0 aliphatic heterocycles. The minimum Gasteiger partial charge on any atom is -0.449 e. The van der Waals surface area contributed by atoms with Crippen LogP contribution in [0.4, 0.5) is 16.2 Å². The van der Waals surface area contributed by atoms with E-state index in [1.54, 1.807) is 31.2 Å². The van der Waals surface area contributed by atoms with E-state index in [0.29, 0.717) is 16.9 Å². The summed E-state index contributed by atoms with van der Waals surface area (Å²) in [4.78, 5) is 35.9. The van der Waals surface area contributed by atoms with Crippen molar-refractivity contribution >= 4 is 29.3 Å². The van der Waals surface area contributed by atoms with Gasteiger partial charge < -0.3 is 20.7 Å². The van der Waals surface area contributed by atoms with Gasteiger partial charge in [-0.1, -0.05) is 18.2 Å². The van der Waals surface area contributed by atoms with E-state index < -0.39 is 12.1 Å². The summed E-state index contributed by atoms with van der Waals surface area (Å²) in [7, 11) is 0. The van der Waals surface area contributed by atoms with Gasteiger partial charge in [-0.15, -0.1) is 0 Å². The maximum absolute atomic E-state index is 12.1. The van der Waals surface area contributed by atoms with E-state index in [1.807, 2.05) is 18.2 Å². The van der Waals surface area contributed by atoms with Gasteiger partial charge in [-0.3, -0.25) is 4.79 Å². The average molecular weight is 367 g/mol. The van der Waals surface area contributed by atoms with E-state index in [-0.39, 0.29) is 18.0 Å². The lowest BCUT2D eigenvalue weighted by Crippen LogP contribution is -2.37. The summed E-state index contributed by atoms with van der Waals surface area (Å²) in [5.74, 6) is -0.879. The van der Waals surface area contributed by atoms with Crippen LogP contribution in [0.25, 0.3) is 0 Å². The van der Waals surface area contributed by atoms with E-state index >= 15 is 0 Å². The van der Waals surface area contributed by atoms with E-state index in [0.717, 1.165) is 12.8 Å². The number of carbonyl (C=O) groups excluding carboxylic acids is 3. The van der Waals surface area contributed by atoms with Gasteiger partial charge in [0, 0.05) is 17.4 Å². The molecule has 7 heteroatoms. The summed E-state index contributed by atoms with van der Waals surface area (Å²) >= 11 is 0. The Morgan fingerprint density at radius 2 is 1.52 bits per heavy atom. The molecule has 1 fully saturated rings. The molecule has 0 spiro atoms. The summed E-state index contributed by atoms with van der Waals surface area (Å²) in [6, 6.07) is 15.1. The van der Waals surface area contributed by atoms with Crippen LogP contribution in [0.2, 0.25) is 0 Å². The Morgan fingerprint density at radius 1 is 0.926 bits per heavy atom. The lowest BCUT2D eigenvalue weighted by atomic mass is 10.2. The zero-order valence-corrected chi connectivity index (χ0v) is 14.9. The summed E-state index contributed by atoms with van der Waals surface area (Å²) in [5, 5.41) is 8.17. The number of urea groups is 1. The second kappa shape index (κ2) is 8.35. The molecular formula is C20H21N3O4. The van der Waals surface area contributed by atoms with Gasteiger partial charge in [0.05, 0.1) is 5.56 Å². The van der Waals surface area contributed by atoms with Crippen LogP contribution in [0.3, 0.4) is 0 Å². The van der Waals surface area contributed by atoms with Crippen molar-refractivity contribution in [3.63, 3.8) is 0 Å². The molecule has 140 valence electrons. The average Bonchev–Trinajstić information content (AvgIpc) is 3.47. The Morgan fingerprint density at radius 3 is 2.11 bits per heavy atom. The predicted octanol–water partition coefficient (Wildman–Crippen LogP) is 3.15. The molecular weight excluding hydrogens is 346 g/mol. The van der Waals surface area contributed by atoms with Crippen LogP contribution in [-0.2, 0) is 9.53 Å². The predicted molar refractivity (Wildman–Crippen MR) is 102 cm³/mol. The molecule has 3 rings (SSSR count). The molecule has 7 nitrogen and oxygen atoms in total. The number of amides is 3. The Balaban J connectivity index is 1.50. The number of esters is 1. The highest BCUT2D eigenvalue weighted by molar-refractivity contribution is 6.00. The van der Waals surface area contributed by atoms with Crippen LogP contribution in [-0.4, -0.2) is 30.1 Å². The molecule has 3 amide bonds. The second-order valence-electron chi connectivity index (χ2n) is 6.35.